The van der Waals surface area contributed by atoms with E-state index in [1.807, 2.05) is 0 Å². The fourth-order valence-electron chi connectivity index (χ4n) is 1.90. The van der Waals surface area contributed by atoms with Gasteiger partial charge in [0.15, 0.2) is 5.82 Å². The molecule has 0 unspecified atom stereocenters. The Morgan fingerprint density at radius 3 is 2.77 bits per heavy atom. The molecule has 4 N–H and O–H groups in total. The lowest BCUT2D eigenvalue weighted by Crippen LogP contribution is -2.38. The number of halogens is 2. The molecule has 140 valence electrons. The van der Waals surface area contributed by atoms with Gasteiger partial charge >= 0.3 is 0 Å². The van der Waals surface area contributed by atoms with Gasteiger partial charge in [0.05, 0.1) is 30.0 Å². The van der Waals surface area contributed by atoms with E-state index < -0.39 is 10.0 Å². The molecule has 0 aliphatic rings. The van der Waals surface area contributed by atoms with E-state index >= 15 is 0 Å². The number of hydrazine groups is 1. The fraction of sp³-hybridized carbons (Fsp3) is 0.143. The summed E-state index contributed by atoms with van der Waals surface area (Å²) in [4.78, 5) is 8.01. The minimum Gasteiger partial charge on any atom is -0.478 e. The number of methoxy groups -OCH3 is 1. The van der Waals surface area contributed by atoms with Gasteiger partial charge in [0.2, 0.25) is 5.82 Å². The number of aromatic nitrogens is 2. The minimum absolute atomic E-state index is 0.0603. The minimum atomic E-state index is -4.07. The molecule has 1 aromatic heterocycles. The number of anilines is 2. The zero-order valence-electron chi connectivity index (χ0n) is 13.6. The summed E-state index contributed by atoms with van der Waals surface area (Å²) >= 11 is 11.9. The number of ether oxygens (including phenoxy) is 1. The molecule has 0 amide bonds. The summed E-state index contributed by atoms with van der Waals surface area (Å²) in [6.45, 7) is 3.73. The van der Waals surface area contributed by atoms with Crippen molar-refractivity contribution in [3.8, 4) is 5.88 Å². The second-order valence-corrected chi connectivity index (χ2v) is 7.09. The Bertz CT molecular complexity index is 910. The van der Waals surface area contributed by atoms with Gasteiger partial charge in [-0.2, -0.15) is 4.98 Å². The smallest absolute Gasteiger partial charge is 0.264 e. The van der Waals surface area contributed by atoms with E-state index in [0.717, 1.165) is 0 Å². The van der Waals surface area contributed by atoms with Crippen molar-refractivity contribution in [2.45, 2.75) is 4.90 Å². The molecule has 0 saturated carbocycles. The lowest BCUT2D eigenvalue weighted by Gasteiger charge is -2.19. The molecule has 0 fully saturated rings. The van der Waals surface area contributed by atoms with Crippen LogP contribution in [0.25, 0.3) is 0 Å². The number of nitrogens with one attached hydrogen (secondary N) is 2. The molecule has 0 radical (unpaired) electrons. The number of hydrogen-bond acceptors (Lipinski definition) is 8. The topological polar surface area (TPSA) is 122 Å². The summed E-state index contributed by atoms with van der Waals surface area (Å²) < 4.78 is 32.6. The molecule has 0 saturated heterocycles. The summed E-state index contributed by atoms with van der Waals surface area (Å²) in [5.41, 5.74) is 8.19. The van der Waals surface area contributed by atoms with Crippen molar-refractivity contribution in [2.24, 2.45) is 5.73 Å². The van der Waals surface area contributed by atoms with E-state index in [1.54, 1.807) is 0 Å². The molecular weight excluding hydrogens is 403 g/mol. The monoisotopic (exact) mass is 418 g/mol. The Balaban J connectivity index is 2.39. The van der Waals surface area contributed by atoms with Crippen LogP contribution in [0.4, 0.5) is 11.6 Å². The molecule has 12 heteroatoms. The highest BCUT2D eigenvalue weighted by Crippen LogP contribution is 2.31. The van der Waals surface area contributed by atoms with Crippen LogP contribution in [0.3, 0.4) is 0 Å². The highest BCUT2D eigenvalue weighted by Gasteiger charge is 2.23. The maximum Gasteiger partial charge on any atom is 0.264 e. The Morgan fingerprint density at radius 1 is 1.42 bits per heavy atom. The SMILES string of the molecule is C=CN(NCN)c1cnc(NS(=O)(=O)c2cccc(Cl)c2Cl)c(OC)n1. The van der Waals surface area contributed by atoms with Crippen molar-refractivity contribution >= 4 is 44.9 Å². The molecule has 0 bridgehead atoms. The van der Waals surface area contributed by atoms with Gasteiger partial charge in [0.25, 0.3) is 15.9 Å². The van der Waals surface area contributed by atoms with Gasteiger partial charge in [-0.3, -0.25) is 9.73 Å². The van der Waals surface area contributed by atoms with Gasteiger partial charge in [-0.1, -0.05) is 35.8 Å². The van der Waals surface area contributed by atoms with Crippen LogP contribution in [0, 0.1) is 0 Å². The number of rotatable bonds is 8. The Morgan fingerprint density at radius 2 is 2.15 bits per heavy atom. The van der Waals surface area contributed by atoms with Gasteiger partial charge in [0.1, 0.15) is 4.90 Å². The van der Waals surface area contributed by atoms with E-state index in [-0.39, 0.29) is 33.3 Å². The van der Waals surface area contributed by atoms with E-state index in [4.69, 9.17) is 33.7 Å². The highest BCUT2D eigenvalue weighted by atomic mass is 35.5. The zero-order chi connectivity index (χ0) is 19.3. The fourth-order valence-corrected chi connectivity index (χ4v) is 3.67. The van der Waals surface area contributed by atoms with Crippen molar-refractivity contribution in [3.63, 3.8) is 0 Å². The van der Waals surface area contributed by atoms with Crippen LogP contribution in [0.5, 0.6) is 5.88 Å². The van der Waals surface area contributed by atoms with Crippen molar-refractivity contribution in [1.82, 2.24) is 15.4 Å². The van der Waals surface area contributed by atoms with Crippen molar-refractivity contribution in [1.29, 1.82) is 0 Å². The van der Waals surface area contributed by atoms with Crippen molar-refractivity contribution in [3.05, 3.63) is 47.2 Å². The van der Waals surface area contributed by atoms with E-state index in [0.29, 0.717) is 5.82 Å². The average molecular weight is 419 g/mol. The first-order chi connectivity index (χ1) is 12.3. The third kappa shape index (κ3) is 4.34. The Kier molecular flexibility index (Phi) is 6.62. The van der Waals surface area contributed by atoms with Crippen LogP contribution in [-0.2, 0) is 10.0 Å². The largest absolute Gasteiger partial charge is 0.478 e. The third-order valence-corrected chi connectivity index (χ3v) is 5.36. The molecule has 0 aliphatic carbocycles. The summed E-state index contributed by atoms with van der Waals surface area (Å²) in [6, 6.07) is 4.26. The zero-order valence-corrected chi connectivity index (χ0v) is 15.9. The van der Waals surface area contributed by atoms with Crippen molar-refractivity contribution < 1.29 is 13.2 Å². The number of benzene rings is 1. The highest BCUT2D eigenvalue weighted by molar-refractivity contribution is 7.92. The van der Waals surface area contributed by atoms with Gasteiger partial charge in [0, 0.05) is 6.20 Å². The van der Waals surface area contributed by atoms with Crippen LogP contribution in [0.15, 0.2) is 42.1 Å². The third-order valence-electron chi connectivity index (χ3n) is 3.05. The summed E-state index contributed by atoms with van der Waals surface area (Å²) in [6.07, 6.45) is 2.73. The maximum atomic E-state index is 12.6. The van der Waals surface area contributed by atoms with Crippen molar-refractivity contribution in [2.75, 3.05) is 23.5 Å². The predicted octanol–water partition coefficient (Wildman–Crippen LogP) is 1.96. The second-order valence-electron chi connectivity index (χ2n) is 4.66. The van der Waals surface area contributed by atoms with E-state index in [9.17, 15) is 8.42 Å². The maximum absolute atomic E-state index is 12.6. The lowest BCUT2D eigenvalue weighted by atomic mass is 10.4. The Hall–Kier alpha value is -2.11. The van der Waals surface area contributed by atoms with Gasteiger partial charge < -0.3 is 10.5 Å². The van der Waals surface area contributed by atoms with Gasteiger partial charge in [-0.15, -0.1) is 0 Å². The molecule has 1 aromatic carbocycles. The van der Waals surface area contributed by atoms with Crippen LogP contribution >= 0.6 is 23.2 Å². The first kappa shape index (κ1) is 20.2. The Labute approximate surface area is 160 Å². The lowest BCUT2D eigenvalue weighted by molar-refractivity contribution is 0.398. The molecule has 1 heterocycles. The normalized spacial score (nSPS) is 11.1. The standard InChI is InChI=1S/C14H16Cl2N6O3S/c1-3-22(19-8-17)11-7-18-13(14(20-11)25-2)21-26(23,24)10-6-4-5-9(15)12(10)16/h3-7,19H,1,8,17H2,2H3,(H,18,21). The first-order valence-electron chi connectivity index (χ1n) is 7.07. The number of sulfonamides is 1. The molecule has 0 aliphatic heterocycles. The molecule has 0 atom stereocenters. The first-order valence-corrected chi connectivity index (χ1v) is 9.31. The van der Waals surface area contributed by atoms with E-state index in [1.165, 1.54) is 42.7 Å². The van der Waals surface area contributed by atoms with Crippen LogP contribution in [0.1, 0.15) is 0 Å². The number of nitrogens with zero attached hydrogens (tertiary/aromatic N) is 3. The quantitative estimate of drug-likeness (QED) is 0.439. The summed E-state index contributed by atoms with van der Waals surface area (Å²) in [5.74, 6) is 0.116. The molecule has 9 nitrogen and oxygen atoms in total. The van der Waals surface area contributed by atoms with Crippen LogP contribution < -0.4 is 25.6 Å². The van der Waals surface area contributed by atoms with Gasteiger partial charge in [-0.25, -0.2) is 18.8 Å². The van der Waals surface area contributed by atoms with E-state index in [2.05, 4.69) is 26.7 Å². The van der Waals surface area contributed by atoms with Gasteiger partial charge in [-0.05, 0) is 12.1 Å². The predicted molar refractivity (Wildman–Crippen MR) is 101 cm³/mol. The molecule has 2 aromatic rings. The number of hydrogen-bond donors (Lipinski definition) is 3. The summed E-state index contributed by atoms with van der Waals surface area (Å²) in [5, 5.41) is 1.41. The molecule has 2 rings (SSSR count). The molecule has 0 spiro atoms. The summed E-state index contributed by atoms with van der Waals surface area (Å²) in [7, 11) is -2.74. The van der Waals surface area contributed by atoms with Crippen LogP contribution in [-0.4, -0.2) is 32.2 Å². The second kappa shape index (κ2) is 8.52. The molecule has 26 heavy (non-hydrogen) atoms. The molecular formula is C14H16Cl2N6O3S. The number of nitrogens with two attached hydrogens (primary N) is 1. The average Bonchev–Trinajstić information content (AvgIpc) is 2.62. The van der Waals surface area contributed by atoms with Crippen LogP contribution in [0.2, 0.25) is 10.0 Å².